The molecule has 0 aliphatic heterocycles. The van der Waals surface area contributed by atoms with Crippen LogP contribution in [0, 0.1) is 5.41 Å². The monoisotopic (exact) mass is 258 g/mol. The summed E-state index contributed by atoms with van der Waals surface area (Å²) in [6.07, 6.45) is 0. The number of aliphatic carboxylic acids is 1. The lowest BCUT2D eigenvalue weighted by Gasteiger charge is -2.27. The zero-order chi connectivity index (χ0) is 14.7. The topological polar surface area (TPSA) is 86.7 Å². The summed E-state index contributed by atoms with van der Waals surface area (Å²) in [6, 6.07) is -1.67. The zero-order valence-corrected chi connectivity index (χ0v) is 11.8. The van der Waals surface area contributed by atoms with Crippen molar-refractivity contribution in [3.05, 3.63) is 0 Å². The second-order valence-corrected chi connectivity index (χ2v) is 5.41. The first-order valence-corrected chi connectivity index (χ1v) is 5.79. The number of rotatable bonds is 4. The summed E-state index contributed by atoms with van der Waals surface area (Å²) in [6.45, 7) is 8.17. The van der Waals surface area contributed by atoms with Crippen molar-refractivity contribution >= 4 is 17.8 Å². The normalized spacial score (nSPS) is 14.6. The van der Waals surface area contributed by atoms with E-state index in [0.29, 0.717) is 0 Å². The first-order chi connectivity index (χ1) is 7.98. The highest BCUT2D eigenvalue weighted by atomic mass is 16.4. The Balaban J connectivity index is 4.62. The molecule has 2 unspecified atom stereocenters. The lowest BCUT2D eigenvalue weighted by atomic mass is 9.95. The van der Waals surface area contributed by atoms with Gasteiger partial charge in [0.25, 0.3) is 0 Å². The molecule has 2 atom stereocenters. The molecule has 18 heavy (non-hydrogen) atoms. The van der Waals surface area contributed by atoms with Crippen molar-refractivity contribution in [2.75, 3.05) is 7.05 Å². The van der Waals surface area contributed by atoms with Crippen molar-refractivity contribution in [2.24, 2.45) is 5.41 Å². The molecule has 0 radical (unpaired) electrons. The van der Waals surface area contributed by atoms with Gasteiger partial charge in [0.1, 0.15) is 12.1 Å². The van der Waals surface area contributed by atoms with E-state index in [0.717, 1.165) is 4.90 Å². The van der Waals surface area contributed by atoms with Crippen molar-refractivity contribution in [3.63, 3.8) is 0 Å². The van der Waals surface area contributed by atoms with Gasteiger partial charge in [-0.1, -0.05) is 20.8 Å². The van der Waals surface area contributed by atoms with Gasteiger partial charge >= 0.3 is 5.97 Å². The number of carboxylic acid groups (broad SMARTS) is 1. The molecule has 104 valence electrons. The average molecular weight is 258 g/mol. The Kier molecular flexibility index (Phi) is 5.32. The zero-order valence-electron chi connectivity index (χ0n) is 11.8. The van der Waals surface area contributed by atoms with E-state index in [-0.39, 0.29) is 5.91 Å². The maximum atomic E-state index is 11.9. The third-order valence-corrected chi connectivity index (χ3v) is 2.69. The summed E-state index contributed by atoms with van der Waals surface area (Å²) in [5, 5.41) is 11.4. The number of likely N-dealkylation sites (N-methyl/N-ethyl adjacent to an activating group) is 1. The summed E-state index contributed by atoms with van der Waals surface area (Å²) in [5.74, 6) is -1.76. The van der Waals surface area contributed by atoms with Crippen LogP contribution in [0.25, 0.3) is 0 Å². The Labute approximate surface area is 107 Å². The van der Waals surface area contributed by atoms with Crippen LogP contribution in [0.5, 0.6) is 0 Å². The van der Waals surface area contributed by atoms with Gasteiger partial charge in [-0.25, -0.2) is 4.79 Å². The van der Waals surface area contributed by atoms with E-state index in [2.05, 4.69) is 5.32 Å². The van der Waals surface area contributed by atoms with Crippen molar-refractivity contribution < 1.29 is 19.5 Å². The van der Waals surface area contributed by atoms with Gasteiger partial charge in [0, 0.05) is 12.5 Å². The van der Waals surface area contributed by atoms with Gasteiger partial charge in [-0.05, 0) is 13.8 Å². The molecule has 0 saturated carbocycles. The summed E-state index contributed by atoms with van der Waals surface area (Å²) in [7, 11) is 1.40. The Morgan fingerprint density at radius 2 is 1.61 bits per heavy atom. The highest BCUT2D eigenvalue weighted by molar-refractivity contribution is 5.91. The van der Waals surface area contributed by atoms with Crippen LogP contribution in [0.15, 0.2) is 0 Å². The highest BCUT2D eigenvalue weighted by Crippen LogP contribution is 2.13. The van der Waals surface area contributed by atoms with Crippen molar-refractivity contribution in [1.29, 1.82) is 0 Å². The lowest BCUT2D eigenvalue weighted by Crippen LogP contribution is -2.52. The molecular weight excluding hydrogens is 236 g/mol. The first-order valence-electron chi connectivity index (χ1n) is 5.79. The molecule has 0 bridgehead atoms. The van der Waals surface area contributed by atoms with E-state index in [1.165, 1.54) is 20.9 Å². The predicted octanol–water partition coefficient (Wildman–Crippen LogP) is 0.469. The van der Waals surface area contributed by atoms with Gasteiger partial charge in [-0.2, -0.15) is 0 Å². The maximum Gasteiger partial charge on any atom is 0.326 e. The van der Waals surface area contributed by atoms with Crippen molar-refractivity contribution in [3.8, 4) is 0 Å². The lowest BCUT2D eigenvalue weighted by molar-refractivity contribution is -0.149. The van der Waals surface area contributed by atoms with Gasteiger partial charge in [-0.3, -0.25) is 9.59 Å². The van der Waals surface area contributed by atoms with E-state index in [4.69, 9.17) is 5.11 Å². The van der Waals surface area contributed by atoms with Gasteiger partial charge in [-0.15, -0.1) is 0 Å². The summed E-state index contributed by atoms with van der Waals surface area (Å²) in [4.78, 5) is 35.5. The molecule has 0 aromatic rings. The van der Waals surface area contributed by atoms with Crippen LogP contribution in [-0.2, 0) is 14.4 Å². The van der Waals surface area contributed by atoms with Crippen LogP contribution >= 0.6 is 0 Å². The first kappa shape index (κ1) is 16.4. The molecule has 0 fully saturated rings. The summed E-state index contributed by atoms with van der Waals surface area (Å²) >= 11 is 0. The number of hydrogen-bond donors (Lipinski definition) is 2. The molecule has 6 nitrogen and oxygen atoms in total. The van der Waals surface area contributed by atoms with Crippen molar-refractivity contribution in [2.45, 2.75) is 46.7 Å². The minimum absolute atomic E-state index is 0.250. The van der Waals surface area contributed by atoms with Gasteiger partial charge in [0.15, 0.2) is 0 Å². The van der Waals surface area contributed by atoms with Crippen LogP contribution in [0.1, 0.15) is 34.6 Å². The van der Waals surface area contributed by atoms with Crippen LogP contribution < -0.4 is 5.32 Å². The summed E-state index contributed by atoms with van der Waals surface area (Å²) < 4.78 is 0. The molecule has 0 aliphatic carbocycles. The SMILES string of the molecule is CC(NC(=O)C(C)(C)C)C(=O)N(C)C(C)C(=O)O. The number of carbonyl (C=O) groups is 3. The van der Waals surface area contributed by atoms with Gasteiger partial charge in [0.05, 0.1) is 0 Å². The van der Waals surface area contributed by atoms with Crippen LogP contribution in [0.3, 0.4) is 0 Å². The molecule has 0 rings (SSSR count). The molecule has 0 aliphatic rings. The summed E-state index contributed by atoms with van der Waals surface area (Å²) in [5.41, 5.74) is -0.592. The third-order valence-electron chi connectivity index (χ3n) is 2.69. The van der Waals surface area contributed by atoms with Crippen molar-refractivity contribution in [1.82, 2.24) is 10.2 Å². The van der Waals surface area contributed by atoms with E-state index < -0.39 is 29.4 Å². The smallest absolute Gasteiger partial charge is 0.326 e. The van der Waals surface area contributed by atoms with E-state index >= 15 is 0 Å². The maximum absolute atomic E-state index is 11.9. The van der Waals surface area contributed by atoms with Gasteiger partial charge in [0.2, 0.25) is 11.8 Å². The third kappa shape index (κ3) is 4.35. The Morgan fingerprint density at radius 1 is 1.17 bits per heavy atom. The molecular formula is C12H22N2O4. The number of hydrogen-bond acceptors (Lipinski definition) is 3. The minimum Gasteiger partial charge on any atom is -0.480 e. The largest absolute Gasteiger partial charge is 0.480 e. The standard InChI is InChI=1S/C12H22N2O4/c1-7(13-11(18)12(3,4)5)9(15)14(6)8(2)10(16)17/h7-8H,1-6H3,(H,13,18)(H,16,17). The fraction of sp³-hybridized carbons (Fsp3) is 0.750. The highest BCUT2D eigenvalue weighted by Gasteiger charge is 2.29. The average Bonchev–Trinajstić information content (AvgIpc) is 2.24. The van der Waals surface area contributed by atoms with E-state index in [1.807, 2.05) is 0 Å². The number of carbonyl (C=O) groups excluding carboxylic acids is 2. The molecule has 0 spiro atoms. The number of carboxylic acids is 1. The molecule has 6 heteroatoms. The van der Waals surface area contributed by atoms with Crippen LogP contribution in [-0.4, -0.2) is 46.9 Å². The Bertz CT molecular complexity index is 346. The second kappa shape index (κ2) is 5.84. The molecule has 2 amide bonds. The van der Waals surface area contributed by atoms with Crippen LogP contribution in [0.4, 0.5) is 0 Å². The number of nitrogens with zero attached hydrogens (tertiary/aromatic N) is 1. The predicted molar refractivity (Wildman–Crippen MR) is 66.9 cm³/mol. The molecule has 0 aromatic carbocycles. The van der Waals surface area contributed by atoms with E-state index in [1.54, 1.807) is 20.8 Å². The minimum atomic E-state index is -1.08. The fourth-order valence-corrected chi connectivity index (χ4v) is 1.14. The molecule has 0 heterocycles. The molecule has 0 aromatic heterocycles. The number of amides is 2. The fourth-order valence-electron chi connectivity index (χ4n) is 1.14. The Morgan fingerprint density at radius 3 is 1.94 bits per heavy atom. The van der Waals surface area contributed by atoms with Gasteiger partial charge < -0.3 is 15.3 Å². The molecule has 0 saturated heterocycles. The van der Waals surface area contributed by atoms with Crippen LogP contribution in [0.2, 0.25) is 0 Å². The Hall–Kier alpha value is -1.59. The second-order valence-electron chi connectivity index (χ2n) is 5.41. The molecule has 2 N–H and O–H groups in total. The van der Waals surface area contributed by atoms with E-state index in [9.17, 15) is 14.4 Å². The quantitative estimate of drug-likeness (QED) is 0.767. The number of nitrogens with one attached hydrogen (secondary N) is 1.